The second-order valence-electron chi connectivity index (χ2n) is 7.21. The van der Waals surface area contributed by atoms with Crippen molar-refractivity contribution in [2.24, 2.45) is 0 Å². The molecule has 4 rings (SSSR count). The Balaban J connectivity index is 1.72. The zero-order chi connectivity index (χ0) is 22.7. The number of rotatable bonds is 5. The molecule has 1 saturated heterocycles. The third kappa shape index (κ3) is 4.48. The van der Waals surface area contributed by atoms with E-state index in [1.807, 2.05) is 24.3 Å². The van der Waals surface area contributed by atoms with Gasteiger partial charge in [-0.15, -0.1) is 10.1 Å². The largest absolute Gasteiger partial charge is 0.496 e. The minimum absolute atomic E-state index is 0.251. The molecule has 2 N–H and O–H groups in total. The highest BCUT2D eigenvalue weighted by Crippen LogP contribution is 2.27. The zero-order valence-electron chi connectivity index (χ0n) is 17.1. The normalized spacial score (nSPS) is 19.0. The fraction of sp³-hybridized carbons (Fsp3) is 0.125. The standard InChI is InChI=1S/C24H19ClFN3O3/c1-32-20-5-3-2-4-17(20)14-29-22(15-6-10-18(25)11-7-15)21(24(31)28-29)27-23(30)16-8-12-19(26)13-9-16/h2-14,21-22H,1H3,(H-,27,28,30,31)/p+1/b29-14-/t21-,22+/m1/s1. The van der Waals surface area contributed by atoms with Gasteiger partial charge in [0.25, 0.3) is 5.91 Å². The Bertz CT molecular complexity index is 1180. The molecular formula is C24H20ClFN3O3+. The van der Waals surface area contributed by atoms with E-state index in [1.165, 1.54) is 24.3 Å². The van der Waals surface area contributed by atoms with E-state index in [1.54, 1.807) is 42.3 Å². The number of hydrazone groups is 1. The highest BCUT2D eigenvalue weighted by atomic mass is 35.5. The zero-order valence-corrected chi connectivity index (χ0v) is 17.8. The van der Waals surface area contributed by atoms with E-state index in [-0.39, 0.29) is 11.5 Å². The Labute approximate surface area is 189 Å². The number of hydrogen-bond acceptors (Lipinski definition) is 3. The lowest BCUT2D eigenvalue weighted by atomic mass is 9.99. The number of benzene rings is 3. The minimum atomic E-state index is -0.903. The molecule has 1 aliphatic heterocycles. The second-order valence-corrected chi connectivity index (χ2v) is 7.65. The molecule has 0 aliphatic carbocycles. The molecule has 0 saturated carbocycles. The van der Waals surface area contributed by atoms with Crippen LogP contribution in [0.1, 0.15) is 27.5 Å². The molecule has 8 heteroatoms. The molecule has 2 amide bonds. The third-order valence-electron chi connectivity index (χ3n) is 5.16. The fourth-order valence-corrected chi connectivity index (χ4v) is 3.72. The van der Waals surface area contributed by atoms with Gasteiger partial charge in [-0.2, -0.15) is 0 Å². The molecular weight excluding hydrogens is 433 g/mol. The Morgan fingerprint density at radius 3 is 2.47 bits per heavy atom. The minimum Gasteiger partial charge on any atom is -0.496 e. The molecule has 0 unspecified atom stereocenters. The van der Waals surface area contributed by atoms with Crippen molar-refractivity contribution in [3.8, 4) is 5.75 Å². The topological polar surface area (TPSA) is 70.4 Å². The van der Waals surface area contributed by atoms with Crippen LogP contribution in [0, 0.1) is 5.82 Å². The van der Waals surface area contributed by atoms with Gasteiger partial charge in [0.2, 0.25) is 12.3 Å². The lowest BCUT2D eigenvalue weighted by Crippen LogP contribution is -2.42. The summed E-state index contributed by atoms with van der Waals surface area (Å²) in [5.41, 5.74) is 4.58. The molecule has 0 spiro atoms. The Morgan fingerprint density at radius 1 is 1.09 bits per heavy atom. The number of hydrazine groups is 1. The number of hydrogen-bond donors (Lipinski definition) is 2. The van der Waals surface area contributed by atoms with Gasteiger partial charge >= 0.3 is 5.91 Å². The summed E-state index contributed by atoms with van der Waals surface area (Å²) in [7, 11) is 1.57. The number of amides is 2. The molecule has 1 heterocycles. The quantitative estimate of drug-likeness (QED) is 0.582. The number of nitrogens with one attached hydrogen (secondary N) is 2. The lowest BCUT2D eigenvalue weighted by Gasteiger charge is -2.15. The summed E-state index contributed by atoms with van der Waals surface area (Å²) in [5.74, 6) is -0.679. The van der Waals surface area contributed by atoms with E-state index < -0.39 is 23.8 Å². The maximum atomic E-state index is 13.2. The highest BCUT2D eigenvalue weighted by molar-refractivity contribution is 6.30. The van der Waals surface area contributed by atoms with Crippen LogP contribution in [0.3, 0.4) is 0 Å². The maximum absolute atomic E-state index is 13.2. The van der Waals surface area contributed by atoms with Gasteiger partial charge in [-0.1, -0.05) is 35.9 Å². The average Bonchev–Trinajstić information content (AvgIpc) is 3.09. The van der Waals surface area contributed by atoms with Crippen molar-refractivity contribution in [3.05, 3.63) is 100 Å². The van der Waals surface area contributed by atoms with Crippen molar-refractivity contribution in [1.29, 1.82) is 0 Å². The fourth-order valence-electron chi connectivity index (χ4n) is 3.59. The predicted molar refractivity (Wildman–Crippen MR) is 118 cm³/mol. The molecule has 6 nitrogen and oxygen atoms in total. The third-order valence-corrected chi connectivity index (χ3v) is 5.41. The monoisotopic (exact) mass is 452 g/mol. The maximum Gasteiger partial charge on any atom is 0.304 e. The lowest BCUT2D eigenvalue weighted by molar-refractivity contribution is -0.596. The number of halogens is 2. The molecule has 0 aromatic heterocycles. The predicted octanol–water partition coefficient (Wildman–Crippen LogP) is 3.50. The molecule has 32 heavy (non-hydrogen) atoms. The summed E-state index contributed by atoms with van der Waals surface area (Å²) in [5, 5.41) is 3.33. The van der Waals surface area contributed by atoms with Gasteiger partial charge in [0.15, 0.2) is 6.04 Å². The van der Waals surface area contributed by atoms with Crippen LogP contribution in [0.5, 0.6) is 5.75 Å². The van der Waals surface area contributed by atoms with Gasteiger partial charge in [-0.3, -0.25) is 9.59 Å². The first-order valence-corrected chi connectivity index (χ1v) is 10.2. The number of carbonyl (C=O) groups excluding carboxylic acids is 2. The van der Waals surface area contributed by atoms with E-state index >= 15 is 0 Å². The van der Waals surface area contributed by atoms with Crippen LogP contribution in [0.2, 0.25) is 5.02 Å². The van der Waals surface area contributed by atoms with Crippen LogP contribution < -0.4 is 15.5 Å². The Morgan fingerprint density at radius 2 is 1.78 bits per heavy atom. The van der Waals surface area contributed by atoms with Gasteiger partial charge in [0.05, 0.1) is 12.7 Å². The molecule has 3 aromatic carbocycles. The highest BCUT2D eigenvalue weighted by Gasteiger charge is 2.47. The Kier molecular flexibility index (Phi) is 6.18. The van der Waals surface area contributed by atoms with Crippen LogP contribution in [0.25, 0.3) is 0 Å². The summed E-state index contributed by atoms with van der Waals surface area (Å²) in [4.78, 5) is 25.7. The van der Waals surface area contributed by atoms with Crippen LogP contribution in [0.15, 0.2) is 72.8 Å². The molecule has 0 radical (unpaired) electrons. The van der Waals surface area contributed by atoms with Gasteiger partial charge in [0, 0.05) is 16.1 Å². The second kappa shape index (κ2) is 9.20. The first kappa shape index (κ1) is 21.5. The van der Waals surface area contributed by atoms with Crippen molar-refractivity contribution in [2.45, 2.75) is 12.1 Å². The van der Waals surface area contributed by atoms with Crippen molar-refractivity contribution in [1.82, 2.24) is 10.7 Å². The van der Waals surface area contributed by atoms with Crippen LogP contribution in [-0.2, 0) is 4.79 Å². The summed E-state index contributed by atoms with van der Waals surface area (Å²) in [6, 6.07) is 18.1. The number of carbonyl (C=O) groups is 2. The van der Waals surface area contributed by atoms with Crippen molar-refractivity contribution < 1.29 is 23.4 Å². The molecule has 2 atom stereocenters. The van der Waals surface area contributed by atoms with Crippen molar-refractivity contribution in [3.63, 3.8) is 0 Å². The van der Waals surface area contributed by atoms with Gasteiger partial charge in [-0.25, -0.2) is 4.39 Å². The molecule has 1 aliphatic rings. The van der Waals surface area contributed by atoms with E-state index in [0.717, 1.165) is 11.1 Å². The molecule has 3 aromatic rings. The van der Waals surface area contributed by atoms with Crippen molar-refractivity contribution in [2.75, 3.05) is 7.11 Å². The molecule has 0 bridgehead atoms. The number of para-hydroxylation sites is 1. The van der Waals surface area contributed by atoms with E-state index in [0.29, 0.717) is 10.8 Å². The van der Waals surface area contributed by atoms with Gasteiger partial charge < -0.3 is 10.1 Å². The summed E-state index contributed by atoms with van der Waals surface area (Å²) in [6.07, 6.45) is 1.75. The number of methoxy groups -OCH3 is 1. The first-order valence-electron chi connectivity index (χ1n) is 9.85. The molecule has 1 fully saturated rings. The first-order chi connectivity index (χ1) is 15.5. The van der Waals surface area contributed by atoms with Crippen LogP contribution >= 0.6 is 11.6 Å². The van der Waals surface area contributed by atoms with E-state index in [9.17, 15) is 14.0 Å². The van der Waals surface area contributed by atoms with Gasteiger partial charge in [-0.05, 0) is 48.5 Å². The van der Waals surface area contributed by atoms with E-state index in [2.05, 4.69) is 10.7 Å². The molecule has 162 valence electrons. The van der Waals surface area contributed by atoms with Gasteiger partial charge in [0.1, 0.15) is 11.6 Å². The van der Waals surface area contributed by atoms with Crippen LogP contribution in [0.4, 0.5) is 4.39 Å². The Hall–Kier alpha value is -3.71. The summed E-state index contributed by atoms with van der Waals surface area (Å²) < 4.78 is 20.3. The smallest absolute Gasteiger partial charge is 0.304 e. The van der Waals surface area contributed by atoms with Crippen molar-refractivity contribution >= 4 is 29.6 Å². The SMILES string of the molecule is COc1ccccc1/C=[N+]1\NC(=O)[C@H](NC(=O)c2ccc(F)cc2)[C@@H]1c1ccc(Cl)cc1. The average molecular weight is 453 g/mol. The number of nitrogens with zero attached hydrogens (tertiary/aromatic N) is 1. The summed E-state index contributed by atoms with van der Waals surface area (Å²) in [6.45, 7) is 0. The summed E-state index contributed by atoms with van der Waals surface area (Å²) >= 11 is 6.05. The van der Waals surface area contributed by atoms with Crippen LogP contribution in [-0.4, -0.2) is 35.9 Å². The van der Waals surface area contributed by atoms with E-state index in [4.69, 9.17) is 16.3 Å². The number of ether oxygens (including phenoxy) is 1.